The number of aliphatic hydroxyl groups is 1. The lowest BCUT2D eigenvalue weighted by molar-refractivity contribution is -0.870. The Morgan fingerprint density at radius 1 is 0.554 bits per heavy atom. The van der Waals surface area contributed by atoms with Gasteiger partial charge in [-0.25, -0.2) is 0 Å². The SMILES string of the molecule is CC/C=C\C/C=C\C/C=C\C/C=C\C/C=C\C/C=C\C/C=C\CCCCCCCCCC(=O)NC(COP(=O)([O-])OCC[N+](C)(C)C)C(O)/C=C/CCCCCCCCCCCCCC. The molecule has 1 amide bonds. The molecule has 9 heteroatoms. The van der Waals surface area contributed by atoms with Crippen LogP contribution in [0.3, 0.4) is 0 Å². The highest BCUT2D eigenvalue weighted by Crippen LogP contribution is 2.38. The van der Waals surface area contributed by atoms with E-state index in [1.807, 2.05) is 27.2 Å². The third kappa shape index (κ3) is 49.2. The number of nitrogens with zero attached hydrogens (tertiary/aromatic N) is 1. The van der Waals surface area contributed by atoms with Crippen molar-refractivity contribution < 1.29 is 32.9 Å². The maximum absolute atomic E-state index is 12.9. The highest BCUT2D eigenvalue weighted by atomic mass is 31.2. The lowest BCUT2D eigenvalue weighted by Crippen LogP contribution is -2.45. The first-order valence-electron chi connectivity index (χ1n) is 26.1. The van der Waals surface area contributed by atoms with Gasteiger partial charge in [-0.1, -0.05) is 214 Å². The van der Waals surface area contributed by atoms with Gasteiger partial charge in [-0.3, -0.25) is 9.36 Å². The number of hydrogen-bond donors (Lipinski definition) is 2. The Balaban J connectivity index is 4.28. The number of likely N-dealkylation sites (N-methyl/N-ethyl adjacent to an activating group) is 1. The Bertz CT molecular complexity index is 1370. The maximum Gasteiger partial charge on any atom is 0.268 e. The zero-order valence-electron chi connectivity index (χ0n) is 42.4. The van der Waals surface area contributed by atoms with Crippen LogP contribution >= 0.6 is 7.82 Å². The van der Waals surface area contributed by atoms with Gasteiger partial charge in [-0.2, -0.15) is 0 Å². The standard InChI is InChI=1S/C56H99N2O6P/c1-6-8-10-12-14-16-18-20-22-23-24-25-26-27-28-29-30-31-32-33-34-35-36-38-40-42-44-46-48-50-56(60)57-54(53-64-65(61,62)63-52-51-58(3,4)5)55(59)49-47-45-43-41-39-37-21-19-17-15-13-11-9-7-2/h8,10,14,16,20,22,24-25,27-28,30-31,33-34,47,49,54-55,59H,6-7,9,11-13,15,17-19,21,23,26,29,32,35-46,48,50-53H2,1-5H3,(H-,57,60,61,62)/b10-8-,16-14-,22-20-,25-24-,28-27-,31-30-,34-33-,49-47+. The van der Waals surface area contributed by atoms with Crippen molar-refractivity contribution >= 4 is 13.7 Å². The van der Waals surface area contributed by atoms with Crippen LogP contribution in [0.5, 0.6) is 0 Å². The van der Waals surface area contributed by atoms with Crippen molar-refractivity contribution in [1.82, 2.24) is 5.32 Å². The van der Waals surface area contributed by atoms with Crippen LogP contribution in [-0.2, 0) is 18.4 Å². The summed E-state index contributed by atoms with van der Waals surface area (Å²) in [4.78, 5) is 25.4. The van der Waals surface area contributed by atoms with E-state index in [0.29, 0.717) is 17.4 Å². The summed E-state index contributed by atoms with van der Waals surface area (Å²) in [6, 6.07) is -0.898. The molecule has 8 nitrogen and oxygen atoms in total. The number of hydrogen-bond acceptors (Lipinski definition) is 6. The fraction of sp³-hybridized carbons (Fsp3) is 0.696. The highest BCUT2D eigenvalue weighted by molar-refractivity contribution is 7.45. The predicted octanol–water partition coefficient (Wildman–Crippen LogP) is 14.8. The zero-order chi connectivity index (χ0) is 47.8. The number of phosphoric ester groups is 1. The molecular formula is C56H99N2O6P. The number of aliphatic hydroxyl groups excluding tert-OH is 1. The Morgan fingerprint density at radius 3 is 1.37 bits per heavy atom. The Hall–Kier alpha value is -2.58. The molecule has 0 saturated carbocycles. The maximum atomic E-state index is 12.9. The second-order valence-corrected chi connectivity index (χ2v) is 19.9. The molecule has 0 aromatic heterocycles. The second kappa shape index (κ2) is 46.5. The number of unbranched alkanes of at least 4 members (excludes halogenated alkanes) is 19. The van der Waals surface area contributed by atoms with Crippen LogP contribution in [0.15, 0.2) is 97.2 Å². The molecule has 0 rings (SSSR count). The Kier molecular flexibility index (Phi) is 44.7. The monoisotopic (exact) mass is 927 g/mol. The summed E-state index contributed by atoms with van der Waals surface area (Å²) in [6.45, 7) is 4.51. The molecule has 0 bridgehead atoms. The molecule has 0 heterocycles. The number of carbonyl (C=O) groups is 1. The molecule has 3 unspecified atom stereocenters. The van der Waals surface area contributed by atoms with E-state index in [-0.39, 0.29) is 12.5 Å². The first-order chi connectivity index (χ1) is 31.5. The molecule has 0 aliphatic heterocycles. The molecule has 374 valence electrons. The number of rotatable bonds is 46. The lowest BCUT2D eigenvalue weighted by atomic mass is 10.0. The summed E-state index contributed by atoms with van der Waals surface area (Å²) in [5, 5.41) is 13.8. The highest BCUT2D eigenvalue weighted by Gasteiger charge is 2.23. The second-order valence-electron chi connectivity index (χ2n) is 18.5. The van der Waals surface area contributed by atoms with Crippen LogP contribution in [-0.4, -0.2) is 68.5 Å². The number of allylic oxidation sites excluding steroid dienone is 15. The minimum absolute atomic E-state index is 0.00835. The molecule has 0 aliphatic carbocycles. The topological polar surface area (TPSA) is 108 Å². The summed E-state index contributed by atoms with van der Waals surface area (Å²) >= 11 is 0. The van der Waals surface area contributed by atoms with E-state index in [1.54, 1.807) is 6.08 Å². The van der Waals surface area contributed by atoms with Crippen molar-refractivity contribution in [2.75, 3.05) is 40.9 Å². The van der Waals surface area contributed by atoms with Gasteiger partial charge in [0.25, 0.3) is 7.82 Å². The van der Waals surface area contributed by atoms with E-state index < -0.39 is 26.6 Å². The van der Waals surface area contributed by atoms with Crippen LogP contribution < -0.4 is 10.2 Å². The van der Waals surface area contributed by atoms with Crippen LogP contribution in [0, 0.1) is 0 Å². The van der Waals surface area contributed by atoms with Gasteiger partial charge in [-0.05, 0) is 77.0 Å². The van der Waals surface area contributed by atoms with E-state index in [2.05, 4.69) is 104 Å². The van der Waals surface area contributed by atoms with E-state index in [4.69, 9.17) is 9.05 Å². The quantitative estimate of drug-likeness (QED) is 0.0272. The Morgan fingerprint density at radius 2 is 0.938 bits per heavy atom. The lowest BCUT2D eigenvalue weighted by Gasteiger charge is -2.29. The van der Waals surface area contributed by atoms with E-state index in [9.17, 15) is 19.4 Å². The van der Waals surface area contributed by atoms with E-state index in [0.717, 1.165) is 96.3 Å². The van der Waals surface area contributed by atoms with E-state index in [1.165, 1.54) is 83.5 Å². The first-order valence-corrected chi connectivity index (χ1v) is 27.6. The number of amides is 1. The summed E-state index contributed by atoms with van der Waals surface area (Å²) in [7, 11) is 1.24. The van der Waals surface area contributed by atoms with E-state index >= 15 is 0 Å². The zero-order valence-corrected chi connectivity index (χ0v) is 43.3. The smallest absolute Gasteiger partial charge is 0.268 e. The average molecular weight is 927 g/mol. The van der Waals surface area contributed by atoms with Crippen molar-refractivity contribution in [2.24, 2.45) is 0 Å². The molecule has 0 fully saturated rings. The number of phosphoric acid groups is 1. The Labute approximate surface area is 400 Å². The summed E-state index contributed by atoms with van der Waals surface area (Å²) < 4.78 is 23.3. The van der Waals surface area contributed by atoms with Gasteiger partial charge in [0, 0.05) is 6.42 Å². The van der Waals surface area contributed by atoms with Gasteiger partial charge in [0.05, 0.1) is 39.9 Å². The molecule has 0 radical (unpaired) electrons. The number of quaternary nitrogens is 1. The van der Waals surface area contributed by atoms with Gasteiger partial charge < -0.3 is 28.8 Å². The molecule has 2 N–H and O–H groups in total. The van der Waals surface area contributed by atoms with Crippen LogP contribution in [0.2, 0.25) is 0 Å². The normalized spacial score (nSPS) is 14.9. The van der Waals surface area contributed by atoms with Crippen molar-refractivity contribution in [3.05, 3.63) is 97.2 Å². The fourth-order valence-corrected chi connectivity index (χ4v) is 7.68. The van der Waals surface area contributed by atoms with Crippen LogP contribution in [0.1, 0.15) is 200 Å². The number of nitrogens with one attached hydrogen (secondary N) is 1. The van der Waals surface area contributed by atoms with Crippen molar-refractivity contribution in [3.8, 4) is 0 Å². The van der Waals surface area contributed by atoms with Gasteiger partial charge in [0.2, 0.25) is 5.91 Å². The average Bonchev–Trinajstić information content (AvgIpc) is 3.26. The van der Waals surface area contributed by atoms with Crippen molar-refractivity contribution in [2.45, 2.75) is 212 Å². The fourth-order valence-electron chi connectivity index (χ4n) is 6.96. The summed E-state index contributed by atoms with van der Waals surface area (Å²) in [6.07, 6.45) is 66.0. The van der Waals surface area contributed by atoms with Gasteiger partial charge in [0.15, 0.2) is 0 Å². The van der Waals surface area contributed by atoms with Crippen molar-refractivity contribution in [1.29, 1.82) is 0 Å². The third-order valence-electron chi connectivity index (χ3n) is 11.0. The molecule has 3 atom stereocenters. The third-order valence-corrected chi connectivity index (χ3v) is 12.0. The molecular weight excluding hydrogens is 828 g/mol. The minimum atomic E-state index is -4.60. The van der Waals surface area contributed by atoms with Crippen LogP contribution in [0.25, 0.3) is 0 Å². The molecule has 0 aromatic carbocycles. The minimum Gasteiger partial charge on any atom is -0.756 e. The summed E-state index contributed by atoms with van der Waals surface area (Å²) in [5.74, 6) is -0.213. The molecule has 65 heavy (non-hydrogen) atoms. The number of carbonyl (C=O) groups excluding carboxylic acids is 1. The largest absolute Gasteiger partial charge is 0.756 e. The van der Waals surface area contributed by atoms with Crippen molar-refractivity contribution in [3.63, 3.8) is 0 Å². The molecule has 0 aliphatic rings. The predicted molar refractivity (Wildman–Crippen MR) is 279 cm³/mol. The summed E-state index contributed by atoms with van der Waals surface area (Å²) in [5.41, 5.74) is 0. The van der Waals surface area contributed by atoms with Gasteiger partial charge in [0.1, 0.15) is 13.2 Å². The van der Waals surface area contributed by atoms with Gasteiger partial charge >= 0.3 is 0 Å². The first kappa shape index (κ1) is 62.4. The van der Waals surface area contributed by atoms with Crippen LogP contribution in [0.4, 0.5) is 0 Å². The molecule has 0 saturated heterocycles. The van der Waals surface area contributed by atoms with Gasteiger partial charge in [-0.15, -0.1) is 0 Å². The molecule has 0 spiro atoms. The molecule has 0 aromatic rings.